The van der Waals surface area contributed by atoms with E-state index in [9.17, 15) is 4.79 Å². The van der Waals surface area contributed by atoms with E-state index in [4.69, 9.17) is 4.74 Å². The van der Waals surface area contributed by atoms with Gasteiger partial charge in [-0.25, -0.2) is 0 Å². The Morgan fingerprint density at radius 1 is 1.67 bits per heavy atom. The van der Waals surface area contributed by atoms with Crippen LogP contribution in [0.15, 0.2) is 0 Å². The van der Waals surface area contributed by atoms with Crippen LogP contribution in [-0.4, -0.2) is 49.7 Å². The fourth-order valence-electron chi connectivity index (χ4n) is 2.21. The molecule has 2 unspecified atom stereocenters. The van der Waals surface area contributed by atoms with Crippen LogP contribution in [0.5, 0.6) is 0 Å². The number of methoxy groups -OCH3 is 1. The Hall–Kier alpha value is -0.610. The summed E-state index contributed by atoms with van der Waals surface area (Å²) in [5.74, 6) is -0.132. The summed E-state index contributed by atoms with van der Waals surface area (Å²) in [5.41, 5.74) is -0.487. The zero-order chi connectivity index (χ0) is 11.5. The number of rotatable bonds is 4. The third-order valence-corrected chi connectivity index (χ3v) is 3.21. The Kier molecular flexibility index (Phi) is 4.11. The number of carbonyl (C=O) groups is 1. The minimum absolute atomic E-state index is 0.132. The second kappa shape index (κ2) is 4.94. The maximum absolute atomic E-state index is 11.8. The van der Waals surface area contributed by atoms with Gasteiger partial charge in [-0.15, -0.1) is 0 Å². The van der Waals surface area contributed by atoms with E-state index in [-0.39, 0.29) is 5.97 Å². The number of nitrogens with zero attached hydrogens (tertiary/aromatic N) is 1. The van der Waals surface area contributed by atoms with Crippen molar-refractivity contribution in [3.8, 4) is 0 Å². The van der Waals surface area contributed by atoms with Crippen molar-refractivity contribution in [1.29, 1.82) is 0 Å². The number of esters is 1. The second-order valence-corrected chi connectivity index (χ2v) is 4.47. The molecule has 4 nitrogen and oxygen atoms in total. The van der Waals surface area contributed by atoms with E-state index < -0.39 is 5.54 Å². The predicted octanol–water partition coefficient (Wildman–Crippen LogP) is 0.622. The summed E-state index contributed by atoms with van der Waals surface area (Å²) in [6.45, 7) is 5.83. The van der Waals surface area contributed by atoms with Gasteiger partial charge in [0, 0.05) is 12.6 Å². The minimum Gasteiger partial charge on any atom is -0.468 e. The van der Waals surface area contributed by atoms with Gasteiger partial charge in [0.05, 0.1) is 7.11 Å². The van der Waals surface area contributed by atoms with E-state index in [1.54, 1.807) is 0 Å². The topological polar surface area (TPSA) is 41.6 Å². The number of likely N-dealkylation sites (tertiary alicyclic amines) is 1. The molecule has 88 valence electrons. The molecule has 15 heavy (non-hydrogen) atoms. The van der Waals surface area contributed by atoms with Crippen LogP contribution < -0.4 is 5.32 Å². The van der Waals surface area contributed by atoms with Gasteiger partial charge in [-0.3, -0.25) is 4.79 Å². The summed E-state index contributed by atoms with van der Waals surface area (Å²) in [4.78, 5) is 14.0. The summed E-state index contributed by atoms with van der Waals surface area (Å²) in [7, 11) is 3.50. The molecule has 1 aliphatic heterocycles. The van der Waals surface area contributed by atoms with Crippen LogP contribution in [0.3, 0.4) is 0 Å². The van der Waals surface area contributed by atoms with Gasteiger partial charge in [-0.1, -0.05) is 6.92 Å². The molecular formula is C11H22N2O2. The van der Waals surface area contributed by atoms with Gasteiger partial charge in [0.15, 0.2) is 0 Å². The number of nitrogens with one attached hydrogen (secondary N) is 1. The van der Waals surface area contributed by atoms with Crippen LogP contribution >= 0.6 is 0 Å². The molecule has 0 spiro atoms. The summed E-state index contributed by atoms with van der Waals surface area (Å²) >= 11 is 0. The van der Waals surface area contributed by atoms with Crippen LogP contribution in [0, 0.1) is 0 Å². The lowest BCUT2D eigenvalue weighted by Crippen LogP contribution is -2.54. The molecule has 1 rings (SSSR count). The first-order chi connectivity index (χ1) is 7.05. The highest BCUT2D eigenvalue weighted by atomic mass is 16.5. The standard InChI is InChI=1S/C11H22N2O2/c1-5-6-12-11(10(14)15-4)7-9(2)13(3)8-11/h9,12H,5-8H2,1-4H3. The van der Waals surface area contributed by atoms with E-state index in [0.717, 1.165) is 25.9 Å². The van der Waals surface area contributed by atoms with Gasteiger partial charge < -0.3 is 15.0 Å². The Bertz CT molecular complexity index is 221. The molecule has 0 aromatic rings. The highest BCUT2D eigenvalue weighted by Gasteiger charge is 2.47. The van der Waals surface area contributed by atoms with Gasteiger partial charge in [0.25, 0.3) is 0 Å². The molecule has 1 aliphatic rings. The fourth-order valence-corrected chi connectivity index (χ4v) is 2.21. The lowest BCUT2D eigenvalue weighted by Gasteiger charge is -2.27. The first-order valence-electron chi connectivity index (χ1n) is 5.59. The van der Waals surface area contributed by atoms with Crippen molar-refractivity contribution in [1.82, 2.24) is 10.2 Å². The van der Waals surface area contributed by atoms with Crippen LogP contribution in [-0.2, 0) is 9.53 Å². The van der Waals surface area contributed by atoms with Gasteiger partial charge in [0.1, 0.15) is 5.54 Å². The zero-order valence-corrected chi connectivity index (χ0v) is 10.2. The van der Waals surface area contributed by atoms with Gasteiger partial charge >= 0.3 is 5.97 Å². The van der Waals surface area contributed by atoms with Gasteiger partial charge in [-0.2, -0.15) is 0 Å². The second-order valence-electron chi connectivity index (χ2n) is 4.47. The molecule has 0 bridgehead atoms. The van der Waals surface area contributed by atoms with Gasteiger partial charge in [-0.05, 0) is 33.4 Å². The summed E-state index contributed by atoms with van der Waals surface area (Å²) < 4.78 is 4.90. The zero-order valence-electron chi connectivity index (χ0n) is 10.2. The normalized spacial score (nSPS) is 31.9. The first kappa shape index (κ1) is 12.5. The van der Waals surface area contributed by atoms with Crippen molar-refractivity contribution in [2.24, 2.45) is 0 Å². The lowest BCUT2D eigenvalue weighted by molar-refractivity contribution is -0.148. The molecular weight excluding hydrogens is 192 g/mol. The average Bonchev–Trinajstić information content (AvgIpc) is 2.52. The largest absolute Gasteiger partial charge is 0.468 e. The van der Waals surface area contributed by atoms with Crippen molar-refractivity contribution in [2.75, 3.05) is 27.2 Å². The first-order valence-corrected chi connectivity index (χ1v) is 5.59. The highest BCUT2D eigenvalue weighted by Crippen LogP contribution is 2.26. The Morgan fingerprint density at radius 2 is 2.33 bits per heavy atom. The van der Waals surface area contributed by atoms with Gasteiger partial charge in [0.2, 0.25) is 0 Å². The van der Waals surface area contributed by atoms with Crippen LogP contribution in [0.25, 0.3) is 0 Å². The molecule has 0 aliphatic carbocycles. The number of carbonyl (C=O) groups excluding carboxylic acids is 1. The maximum Gasteiger partial charge on any atom is 0.327 e. The third kappa shape index (κ3) is 2.49. The maximum atomic E-state index is 11.8. The quantitative estimate of drug-likeness (QED) is 0.697. The number of hydrogen-bond acceptors (Lipinski definition) is 4. The minimum atomic E-state index is -0.487. The molecule has 1 N–H and O–H groups in total. The van der Waals surface area contributed by atoms with Crippen molar-refractivity contribution in [2.45, 2.75) is 38.3 Å². The van der Waals surface area contributed by atoms with Crippen molar-refractivity contribution >= 4 is 5.97 Å². The molecule has 1 fully saturated rings. The SMILES string of the molecule is CCCNC1(C(=O)OC)CC(C)N(C)C1. The molecule has 0 aromatic carbocycles. The molecule has 4 heteroatoms. The van der Waals surface area contributed by atoms with Crippen LogP contribution in [0.4, 0.5) is 0 Å². The van der Waals surface area contributed by atoms with Crippen molar-refractivity contribution < 1.29 is 9.53 Å². The molecule has 1 saturated heterocycles. The molecule has 1 heterocycles. The summed E-state index contributed by atoms with van der Waals surface area (Å²) in [5, 5.41) is 3.34. The smallest absolute Gasteiger partial charge is 0.327 e. The predicted molar refractivity (Wildman–Crippen MR) is 59.7 cm³/mol. The van der Waals surface area contributed by atoms with E-state index in [1.165, 1.54) is 7.11 Å². The third-order valence-electron chi connectivity index (χ3n) is 3.21. The Balaban J connectivity index is 2.74. The number of hydrogen-bond donors (Lipinski definition) is 1. The Morgan fingerprint density at radius 3 is 2.73 bits per heavy atom. The Labute approximate surface area is 92.0 Å². The number of likely N-dealkylation sites (N-methyl/N-ethyl adjacent to an activating group) is 1. The average molecular weight is 214 g/mol. The summed E-state index contributed by atoms with van der Waals surface area (Å²) in [6, 6.07) is 0.424. The highest BCUT2D eigenvalue weighted by molar-refractivity contribution is 5.81. The molecule has 2 atom stereocenters. The fraction of sp³-hybridized carbons (Fsp3) is 0.909. The van der Waals surface area contributed by atoms with E-state index in [1.807, 2.05) is 7.05 Å². The monoisotopic (exact) mass is 214 g/mol. The molecule has 0 radical (unpaired) electrons. The lowest BCUT2D eigenvalue weighted by atomic mass is 9.96. The van der Waals surface area contributed by atoms with E-state index in [2.05, 4.69) is 24.1 Å². The van der Waals surface area contributed by atoms with Crippen LogP contribution in [0.2, 0.25) is 0 Å². The van der Waals surface area contributed by atoms with Crippen LogP contribution in [0.1, 0.15) is 26.7 Å². The van der Waals surface area contributed by atoms with Crippen molar-refractivity contribution in [3.05, 3.63) is 0 Å². The number of ether oxygens (including phenoxy) is 1. The van der Waals surface area contributed by atoms with E-state index in [0.29, 0.717) is 6.04 Å². The van der Waals surface area contributed by atoms with Crippen molar-refractivity contribution in [3.63, 3.8) is 0 Å². The molecule has 0 aromatic heterocycles. The molecule has 0 amide bonds. The van der Waals surface area contributed by atoms with E-state index >= 15 is 0 Å². The summed E-state index contributed by atoms with van der Waals surface area (Å²) in [6.07, 6.45) is 1.85. The molecule has 0 saturated carbocycles.